The number of aliphatic carboxylic acids is 1. The monoisotopic (exact) mass is 280 g/mol. The second kappa shape index (κ2) is 7.25. The van der Waals surface area contributed by atoms with Gasteiger partial charge in [0.2, 0.25) is 11.8 Å². The Bertz CT molecular complexity index is 527. The van der Waals surface area contributed by atoms with Crippen LogP contribution in [0.4, 0.5) is 11.4 Å². The van der Waals surface area contributed by atoms with Crippen LogP contribution in [0.3, 0.4) is 0 Å². The first-order valence-electron chi connectivity index (χ1n) is 5.86. The average molecular weight is 280 g/mol. The number of benzene rings is 1. The maximum Gasteiger partial charge on any atom is 0.329 e. The number of amides is 2. The molecule has 0 bridgehead atoms. The smallest absolute Gasteiger partial charge is 0.329 e. The highest BCUT2D eigenvalue weighted by molar-refractivity contribution is 5.93. The molecule has 0 spiro atoms. The van der Waals surface area contributed by atoms with Crippen molar-refractivity contribution >= 4 is 29.2 Å². The van der Waals surface area contributed by atoms with E-state index in [0.29, 0.717) is 11.4 Å². The van der Waals surface area contributed by atoms with E-state index in [4.69, 9.17) is 5.11 Å². The summed E-state index contributed by atoms with van der Waals surface area (Å²) < 4.78 is 4.67. The quantitative estimate of drug-likeness (QED) is 0.720. The van der Waals surface area contributed by atoms with Gasteiger partial charge in [-0.1, -0.05) is 0 Å². The van der Waals surface area contributed by atoms with Crippen LogP contribution in [-0.2, 0) is 19.1 Å². The number of carbonyl (C=O) groups is 3. The lowest BCUT2D eigenvalue weighted by Gasteiger charge is -2.10. The van der Waals surface area contributed by atoms with Crippen LogP contribution in [0.25, 0.3) is 0 Å². The third-order valence-electron chi connectivity index (χ3n) is 2.28. The van der Waals surface area contributed by atoms with E-state index in [1.165, 1.54) is 6.92 Å². The fraction of sp³-hybridized carbons (Fsp3) is 0.308. The van der Waals surface area contributed by atoms with Crippen LogP contribution in [0, 0.1) is 6.92 Å². The van der Waals surface area contributed by atoms with Gasteiger partial charge in [-0.15, -0.1) is 0 Å². The number of carboxylic acids is 1. The number of hydrogen-bond acceptors (Lipinski definition) is 4. The highest BCUT2D eigenvalue weighted by Crippen LogP contribution is 2.19. The van der Waals surface area contributed by atoms with Crippen molar-refractivity contribution in [1.29, 1.82) is 0 Å². The SMILES string of the molecule is CC(=O)Nc1ccc(NC(=O)COCC(=O)O)cc1C. The standard InChI is InChI=1S/C13H16N2O5/c1-8-5-10(3-4-11(8)14-9(2)16)15-12(17)6-20-7-13(18)19/h3-5H,6-7H2,1-2H3,(H,14,16)(H,15,17)(H,18,19). The topological polar surface area (TPSA) is 105 Å². The summed E-state index contributed by atoms with van der Waals surface area (Å²) in [6, 6.07) is 5.00. The molecule has 0 aliphatic carbocycles. The number of rotatable bonds is 6. The van der Waals surface area contributed by atoms with Crippen molar-refractivity contribution in [2.75, 3.05) is 23.8 Å². The van der Waals surface area contributed by atoms with Crippen LogP contribution in [0.2, 0.25) is 0 Å². The zero-order valence-electron chi connectivity index (χ0n) is 11.2. The molecule has 0 aromatic heterocycles. The summed E-state index contributed by atoms with van der Waals surface area (Å²) in [5, 5.41) is 13.6. The van der Waals surface area contributed by atoms with Crippen molar-refractivity contribution < 1.29 is 24.2 Å². The first-order chi connectivity index (χ1) is 9.38. The second-order valence-corrected chi connectivity index (χ2v) is 4.15. The van der Waals surface area contributed by atoms with Crippen LogP contribution in [0.1, 0.15) is 12.5 Å². The van der Waals surface area contributed by atoms with Gasteiger partial charge in [0, 0.05) is 18.3 Å². The van der Waals surface area contributed by atoms with E-state index >= 15 is 0 Å². The third-order valence-corrected chi connectivity index (χ3v) is 2.28. The number of anilines is 2. The Morgan fingerprint density at radius 2 is 1.90 bits per heavy atom. The maximum atomic E-state index is 11.5. The van der Waals surface area contributed by atoms with Crippen molar-refractivity contribution in [1.82, 2.24) is 0 Å². The molecule has 7 nitrogen and oxygen atoms in total. The molecule has 7 heteroatoms. The van der Waals surface area contributed by atoms with Crippen LogP contribution in [-0.4, -0.2) is 36.1 Å². The molecule has 1 aromatic carbocycles. The molecule has 1 aromatic rings. The Hall–Kier alpha value is -2.41. The van der Waals surface area contributed by atoms with Gasteiger partial charge in [-0.2, -0.15) is 0 Å². The number of carboxylic acid groups (broad SMARTS) is 1. The van der Waals surface area contributed by atoms with Crippen LogP contribution >= 0.6 is 0 Å². The molecule has 0 aliphatic rings. The van der Waals surface area contributed by atoms with Gasteiger partial charge in [0.25, 0.3) is 0 Å². The van der Waals surface area contributed by atoms with Crippen molar-refractivity contribution in [3.8, 4) is 0 Å². The summed E-state index contributed by atoms with van der Waals surface area (Å²) in [6.45, 7) is 2.35. The van der Waals surface area contributed by atoms with E-state index in [-0.39, 0.29) is 12.5 Å². The zero-order chi connectivity index (χ0) is 15.1. The summed E-state index contributed by atoms with van der Waals surface area (Å²) in [4.78, 5) is 32.6. The first kappa shape index (κ1) is 15.6. The van der Waals surface area contributed by atoms with Crippen LogP contribution < -0.4 is 10.6 Å². The number of ether oxygens (including phenoxy) is 1. The minimum Gasteiger partial charge on any atom is -0.480 e. The van der Waals surface area contributed by atoms with Crippen LogP contribution in [0.5, 0.6) is 0 Å². The third kappa shape index (κ3) is 5.49. The van der Waals surface area contributed by atoms with E-state index in [1.54, 1.807) is 25.1 Å². The molecule has 20 heavy (non-hydrogen) atoms. The van der Waals surface area contributed by atoms with E-state index in [0.717, 1.165) is 5.56 Å². The Morgan fingerprint density at radius 3 is 2.45 bits per heavy atom. The van der Waals surface area contributed by atoms with Crippen molar-refractivity contribution in [2.24, 2.45) is 0 Å². The van der Waals surface area contributed by atoms with Gasteiger partial charge in [0.15, 0.2) is 0 Å². The van der Waals surface area contributed by atoms with Gasteiger partial charge in [-0.05, 0) is 30.7 Å². The lowest BCUT2D eigenvalue weighted by atomic mass is 10.1. The summed E-state index contributed by atoms with van der Waals surface area (Å²) in [5.41, 5.74) is 2.00. The number of carbonyl (C=O) groups excluding carboxylic acids is 2. The molecule has 0 fully saturated rings. The lowest BCUT2D eigenvalue weighted by molar-refractivity contribution is -0.143. The molecule has 108 valence electrons. The van der Waals surface area contributed by atoms with Crippen molar-refractivity contribution in [2.45, 2.75) is 13.8 Å². The summed E-state index contributed by atoms with van der Waals surface area (Å²) in [6.07, 6.45) is 0. The highest BCUT2D eigenvalue weighted by Gasteiger charge is 2.06. The van der Waals surface area contributed by atoms with Gasteiger partial charge in [-0.25, -0.2) is 4.79 Å². The van der Waals surface area contributed by atoms with Crippen molar-refractivity contribution in [3.63, 3.8) is 0 Å². The largest absolute Gasteiger partial charge is 0.480 e. The minimum atomic E-state index is -1.13. The molecular weight excluding hydrogens is 264 g/mol. The Kier molecular flexibility index (Phi) is 5.67. The average Bonchev–Trinajstić information content (AvgIpc) is 2.31. The summed E-state index contributed by atoms with van der Waals surface area (Å²) in [5.74, 6) is -1.75. The van der Waals surface area contributed by atoms with Gasteiger partial charge in [0.1, 0.15) is 13.2 Å². The highest BCUT2D eigenvalue weighted by atomic mass is 16.5. The normalized spacial score (nSPS) is 9.90. The molecule has 0 saturated heterocycles. The number of hydrogen-bond donors (Lipinski definition) is 3. The molecule has 0 unspecified atom stereocenters. The molecule has 0 saturated carbocycles. The molecule has 2 amide bonds. The fourth-order valence-corrected chi connectivity index (χ4v) is 1.50. The number of aryl methyl sites for hydroxylation is 1. The first-order valence-corrected chi connectivity index (χ1v) is 5.86. The molecule has 0 heterocycles. The van der Waals surface area contributed by atoms with E-state index in [2.05, 4.69) is 15.4 Å². The second-order valence-electron chi connectivity index (χ2n) is 4.15. The van der Waals surface area contributed by atoms with Gasteiger partial charge in [-0.3, -0.25) is 9.59 Å². The molecule has 0 aliphatic heterocycles. The van der Waals surface area contributed by atoms with Crippen LogP contribution in [0.15, 0.2) is 18.2 Å². The Morgan fingerprint density at radius 1 is 1.20 bits per heavy atom. The number of nitrogens with one attached hydrogen (secondary N) is 2. The Labute approximate surface area is 115 Å². The van der Waals surface area contributed by atoms with Gasteiger partial charge >= 0.3 is 5.97 Å². The predicted octanol–water partition coefficient (Wildman–Crippen LogP) is 0.993. The molecule has 3 N–H and O–H groups in total. The molecule has 0 radical (unpaired) electrons. The molecule has 1 rings (SSSR count). The molecular formula is C13H16N2O5. The fourth-order valence-electron chi connectivity index (χ4n) is 1.50. The summed E-state index contributed by atoms with van der Waals surface area (Å²) >= 11 is 0. The van der Waals surface area contributed by atoms with E-state index < -0.39 is 18.5 Å². The van der Waals surface area contributed by atoms with Crippen molar-refractivity contribution in [3.05, 3.63) is 23.8 Å². The maximum absolute atomic E-state index is 11.5. The summed E-state index contributed by atoms with van der Waals surface area (Å²) in [7, 11) is 0. The van der Waals surface area contributed by atoms with Gasteiger partial charge in [0.05, 0.1) is 0 Å². The Balaban J connectivity index is 2.56. The van der Waals surface area contributed by atoms with E-state index in [9.17, 15) is 14.4 Å². The molecule has 0 atom stereocenters. The zero-order valence-corrected chi connectivity index (χ0v) is 11.2. The predicted molar refractivity (Wildman–Crippen MR) is 72.6 cm³/mol. The minimum absolute atomic E-state index is 0.174. The van der Waals surface area contributed by atoms with E-state index in [1.807, 2.05) is 0 Å². The lowest BCUT2D eigenvalue weighted by Crippen LogP contribution is -2.20. The van der Waals surface area contributed by atoms with Gasteiger partial charge < -0.3 is 20.5 Å².